The number of halogens is 2. The number of hydrogen-bond acceptors (Lipinski definition) is 4. The lowest BCUT2D eigenvalue weighted by Crippen LogP contribution is -2.50. The molecule has 7 nitrogen and oxygen atoms in total. The number of piperazine rings is 1. The number of benzene rings is 2. The second-order valence-corrected chi connectivity index (χ2v) is 6.93. The quantitative estimate of drug-likeness (QED) is 0.750. The molecular weight excluding hydrogens is 392 g/mol. The molecule has 1 fully saturated rings. The molecule has 0 unspecified atom stereocenters. The van der Waals surface area contributed by atoms with Crippen molar-refractivity contribution in [2.75, 3.05) is 30.9 Å². The highest BCUT2D eigenvalue weighted by molar-refractivity contribution is 7.73. The van der Waals surface area contributed by atoms with Gasteiger partial charge in [-0.05, 0) is 36.4 Å². The Labute approximate surface area is 161 Å². The Hall–Kier alpha value is -3.01. The monoisotopic (exact) mass is 409 g/mol. The van der Waals surface area contributed by atoms with Gasteiger partial charge in [0, 0.05) is 49.1 Å². The van der Waals surface area contributed by atoms with Crippen LogP contribution in [0.4, 0.5) is 14.5 Å². The molecule has 1 aliphatic rings. The van der Waals surface area contributed by atoms with Gasteiger partial charge in [0.1, 0.15) is 11.6 Å². The van der Waals surface area contributed by atoms with Gasteiger partial charge in [-0.1, -0.05) is 0 Å². The van der Waals surface area contributed by atoms with Gasteiger partial charge in [-0.15, -0.1) is 0 Å². The molecule has 148 valence electrons. The van der Waals surface area contributed by atoms with E-state index in [4.69, 9.17) is 0 Å². The summed E-state index contributed by atoms with van der Waals surface area (Å²) in [6.07, 6.45) is 0. The van der Waals surface area contributed by atoms with Crippen LogP contribution in [0, 0.1) is 11.6 Å². The molecule has 2 aromatic rings. The summed E-state index contributed by atoms with van der Waals surface area (Å²) in [5.74, 6) is -2.39. The van der Waals surface area contributed by atoms with Crippen LogP contribution in [0.5, 0.6) is 0 Å². The van der Waals surface area contributed by atoms with Crippen molar-refractivity contribution in [1.29, 1.82) is 0 Å². The summed E-state index contributed by atoms with van der Waals surface area (Å²) >= 11 is 0. The number of hydrogen-bond donors (Lipinski definition) is 2. The van der Waals surface area contributed by atoms with Gasteiger partial charge in [0.25, 0.3) is 11.8 Å². The molecule has 0 aliphatic carbocycles. The van der Waals surface area contributed by atoms with Crippen LogP contribution in [-0.4, -0.2) is 56.2 Å². The molecule has 0 saturated carbocycles. The van der Waals surface area contributed by atoms with Gasteiger partial charge in [-0.25, -0.2) is 17.2 Å². The lowest BCUT2D eigenvalue weighted by atomic mass is 10.1. The highest BCUT2D eigenvalue weighted by atomic mass is 32.2. The van der Waals surface area contributed by atoms with Crippen molar-refractivity contribution in [2.24, 2.45) is 0 Å². The van der Waals surface area contributed by atoms with Crippen LogP contribution in [-0.2, 0) is 10.9 Å². The van der Waals surface area contributed by atoms with Crippen LogP contribution in [0.2, 0.25) is 0 Å². The van der Waals surface area contributed by atoms with E-state index >= 15 is 0 Å². The maximum absolute atomic E-state index is 13.3. The first kappa shape index (κ1) is 19.7. The fourth-order valence-corrected chi connectivity index (χ4v) is 3.31. The summed E-state index contributed by atoms with van der Waals surface area (Å²) in [6, 6.07) is 8.65. The summed E-state index contributed by atoms with van der Waals surface area (Å²) in [5, 5.41) is 0. The minimum Gasteiger partial charge on any atom is -0.335 e. The summed E-state index contributed by atoms with van der Waals surface area (Å²) in [5.41, 5.74) is 0.668. The van der Waals surface area contributed by atoms with E-state index in [1.165, 1.54) is 29.2 Å². The van der Waals surface area contributed by atoms with E-state index in [2.05, 4.69) is 4.72 Å². The van der Waals surface area contributed by atoms with Crippen LogP contribution >= 0.6 is 0 Å². The van der Waals surface area contributed by atoms with Crippen molar-refractivity contribution in [1.82, 2.24) is 9.80 Å². The first-order valence-electron chi connectivity index (χ1n) is 8.39. The zero-order valence-corrected chi connectivity index (χ0v) is 15.5. The molecule has 3 rings (SSSR count). The third-order valence-corrected chi connectivity index (χ3v) is 4.76. The van der Waals surface area contributed by atoms with E-state index in [1.54, 1.807) is 4.90 Å². The second kappa shape index (κ2) is 8.34. The van der Waals surface area contributed by atoms with Gasteiger partial charge < -0.3 is 9.80 Å². The number of rotatable bonds is 4. The van der Waals surface area contributed by atoms with E-state index in [9.17, 15) is 26.8 Å². The molecule has 1 heterocycles. The molecule has 1 saturated heterocycles. The molecule has 2 amide bonds. The molecule has 0 aromatic heterocycles. The van der Waals surface area contributed by atoms with E-state index < -0.39 is 28.4 Å². The Balaban J connectivity index is 1.61. The minimum atomic E-state index is -2.78. The molecule has 0 spiro atoms. The Bertz CT molecular complexity index is 943. The first-order chi connectivity index (χ1) is 13.3. The summed E-state index contributed by atoms with van der Waals surface area (Å²) in [7, 11) is -2.78. The van der Waals surface area contributed by atoms with Gasteiger partial charge in [-0.3, -0.25) is 14.3 Å². The van der Waals surface area contributed by atoms with Gasteiger partial charge in [0.05, 0.1) is 0 Å². The average molecular weight is 409 g/mol. The first-order valence-corrected chi connectivity index (χ1v) is 9.57. The second-order valence-electron chi connectivity index (χ2n) is 6.19. The predicted octanol–water partition coefficient (Wildman–Crippen LogP) is 1.50. The zero-order chi connectivity index (χ0) is 20.3. The van der Waals surface area contributed by atoms with Gasteiger partial charge in [0.2, 0.25) is 10.9 Å². The Morgan fingerprint density at radius 2 is 1.25 bits per heavy atom. The number of amides is 2. The van der Waals surface area contributed by atoms with Crippen molar-refractivity contribution < 1.29 is 26.8 Å². The molecular formula is C18H17F2N3O4S. The highest BCUT2D eigenvalue weighted by Crippen LogP contribution is 2.15. The normalized spacial score (nSPS) is 14.2. The molecule has 10 heteroatoms. The Morgan fingerprint density at radius 3 is 1.71 bits per heavy atom. The molecule has 0 bridgehead atoms. The fraction of sp³-hybridized carbons (Fsp3) is 0.222. The Kier molecular flexibility index (Phi) is 5.88. The van der Waals surface area contributed by atoms with Crippen molar-refractivity contribution in [3.8, 4) is 0 Å². The molecule has 0 radical (unpaired) electrons. The van der Waals surface area contributed by atoms with Crippen LogP contribution in [0.15, 0.2) is 42.5 Å². The summed E-state index contributed by atoms with van der Waals surface area (Å²) in [4.78, 5) is 28.0. The average Bonchev–Trinajstić information content (AvgIpc) is 2.66. The van der Waals surface area contributed by atoms with Crippen molar-refractivity contribution >= 4 is 28.4 Å². The number of nitrogens with zero attached hydrogens (tertiary/aromatic N) is 2. The largest absolute Gasteiger partial charge is 0.335 e. The van der Waals surface area contributed by atoms with Crippen LogP contribution in [0.25, 0.3) is 0 Å². The van der Waals surface area contributed by atoms with Crippen LogP contribution in [0.3, 0.4) is 0 Å². The smallest absolute Gasteiger partial charge is 0.254 e. The SMILES string of the molecule is O=C(c1ccc(N[SH](=O)=O)cc1)N1CCN(C(=O)c2cc(F)cc(F)c2)CC1. The minimum absolute atomic E-state index is 0.0722. The standard InChI is InChI=1S/C18H17F2N3O4S/c19-14-9-13(10-15(20)11-14)18(25)23-7-5-22(6-8-23)17(24)12-1-3-16(4-2-12)21-28(26)27/h1-4,9-11,28H,5-8H2,(H,21,26,27). The lowest BCUT2D eigenvalue weighted by Gasteiger charge is -2.35. The molecule has 2 aromatic carbocycles. The Morgan fingerprint density at radius 1 is 0.786 bits per heavy atom. The maximum Gasteiger partial charge on any atom is 0.254 e. The van der Waals surface area contributed by atoms with Crippen molar-refractivity contribution in [2.45, 2.75) is 0 Å². The number of carbonyl (C=O) groups excluding carboxylic acids is 2. The predicted molar refractivity (Wildman–Crippen MR) is 98.5 cm³/mol. The third-order valence-electron chi connectivity index (χ3n) is 4.32. The number of thiol groups is 1. The third kappa shape index (κ3) is 4.63. The molecule has 1 N–H and O–H groups in total. The topological polar surface area (TPSA) is 86.8 Å². The van der Waals surface area contributed by atoms with Crippen LogP contribution in [0.1, 0.15) is 20.7 Å². The van der Waals surface area contributed by atoms with Gasteiger partial charge in [-0.2, -0.15) is 0 Å². The van der Waals surface area contributed by atoms with Gasteiger partial charge in [0.15, 0.2) is 0 Å². The van der Waals surface area contributed by atoms with Gasteiger partial charge >= 0.3 is 0 Å². The maximum atomic E-state index is 13.3. The molecule has 1 aliphatic heterocycles. The fourth-order valence-electron chi connectivity index (χ4n) is 2.95. The van der Waals surface area contributed by atoms with E-state index in [0.717, 1.165) is 12.1 Å². The summed E-state index contributed by atoms with van der Waals surface area (Å²) < 4.78 is 50.1. The van der Waals surface area contributed by atoms with E-state index in [-0.39, 0.29) is 37.6 Å². The number of anilines is 1. The van der Waals surface area contributed by atoms with Crippen molar-refractivity contribution in [3.63, 3.8) is 0 Å². The van der Waals surface area contributed by atoms with Crippen molar-refractivity contribution in [3.05, 3.63) is 65.2 Å². The number of carbonyl (C=O) groups is 2. The molecule has 0 atom stereocenters. The lowest BCUT2D eigenvalue weighted by molar-refractivity contribution is 0.0535. The van der Waals surface area contributed by atoms with E-state index in [1.807, 2.05) is 0 Å². The van der Waals surface area contributed by atoms with E-state index in [0.29, 0.717) is 17.3 Å². The van der Waals surface area contributed by atoms with Crippen LogP contribution < -0.4 is 4.72 Å². The highest BCUT2D eigenvalue weighted by Gasteiger charge is 2.26. The molecule has 28 heavy (non-hydrogen) atoms. The zero-order valence-electron chi connectivity index (χ0n) is 14.6. The summed E-state index contributed by atoms with van der Waals surface area (Å²) in [6.45, 7) is 1.02. The number of nitrogens with one attached hydrogen (secondary N) is 1.